The number of nitro groups is 2. The first-order valence-electron chi connectivity index (χ1n) is 13.9. The number of carbonyl (C=O) groups excluding carboxylic acids is 2. The highest BCUT2D eigenvalue weighted by molar-refractivity contribution is 7.89. The summed E-state index contributed by atoms with van der Waals surface area (Å²) in [5.41, 5.74) is -1.79. The summed E-state index contributed by atoms with van der Waals surface area (Å²) in [5, 5.41) is 24.2. The predicted octanol–water partition coefficient (Wildman–Crippen LogP) is 2.74. The van der Waals surface area contributed by atoms with Gasteiger partial charge in [-0.15, -0.1) is 5.06 Å². The van der Waals surface area contributed by atoms with Gasteiger partial charge in [-0.2, -0.15) is 8.61 Å². The Labute approximate surface area is 260 Å². The standard InChI is InChI=1S/C27H35N5O11S2/c1-27(2,3)20-26(34)43-28-16-18-29(44(39,40)24-10-6-4-8-22(24)31(35)36)14-12-21(33)13-15-30(19-17-28)45(41,42)25-11-7-5-9-23(25)32(37)38/h4-11H,12-20H2,1-3H3. The van der Waals surface area contributed by atoms with Gasteiger partial charge in [-0.05, 0) is 17.5 Å². The fourth-order valence-electron chi connectivity index (χ4n) is 4.52. The molecule has 2 aromatic carbocycles. The second kappa shape index (κ2) is 14.5. The van der Waals surface area contributed by atoms with Crippen LogP contribution in [0.15, 0.2) is 58.3 Å². The molecule has 2 aromatic rings. The number of hydroxylamine groups is 2. The lowest BCUT2D eigenvalue weighted by molar-refractivity contribution is -0.388. The number of carbonyl (C=O) groups is 2. The molecule has 246 valence electrons. The van der Waals surface area contributed by atoms with E-state index in [1.807, 2.05) is 0 Å². The summed E-state index contributed by atoms with van der Waals surface area (Å²) in [6.07, 6.45) is -0.749. The maximum atomic E-state index is 13.6. The van der Waals surface area contributed by atoms with E-state index in [-0.39, 0.29) is 45.4 Å². The third-order valence-corrected chi connectivity index (χ3v) is 10.6. The number of hydrogen-bond acceptors (Lipinski definition) is 12. The molecule has 0 atom stereocenters. The lowest BCUT2D eigenvalue weighted by Gasteiger charge is -2.30. The fraction of sp³-hybridized carbons (Fsp3) is 0.481. The van der Waals surface area contributed by atoms with Crippen molar-refractivity contribution in [1.82, 2.24) is 13.7 Å². The second-order valence-electron chi connectivity index (χ2n) is 11.4. The molecule has 0 bridgehead atoms. The summed E-state index contributed by atoms with van der Waals surface area (Å²) in [6.45, 7) is 3.27. The minimum atomic E-state index is -4.51. The Bertz CT molecular complexity index is 1550. The van der Waals surface area contributed by atoms with Crippen molar-refractivity contribution in [2.75, 3.05) is 39.3 Å². The highest BCUT2D eigenvalue weighted by Crippen LogP contribution is 2.28. The molecular formula is C27H35N5O11S2. The molecule has 0 N–H and O–H groups in total. The van der Waals surface area contributed by atoms with Crippen molar-refractivity contribution in [2.24, 2.45) is 5.41 Å². The molecule has 1 fully saturated rings. The Morgan fingerprint density at radius 1 is 0.756 bits per heavy atom. The van der Waals surface area contributed by atoms with Crippen molar-refractivity contribution < 1.29 is 41.1 Å². The first-order valence-corrected chi connectivity index (χ1v) is 16.8. The number of Topliss-reactive ketones (excluding diaryl/α,β-unsaturated/α-hetero) is 1. The highest BCUT2D eigenvalue weighted by atomic mass is 32.2. The van der Waals surface area contributed by atoms with E-state index < -0.39 is 81.3 Å². The molecule has 1 heterocycles. The summed E-state index contributed by atoms with van der Waals surface area (Å²) >= 11 is 0. The van der Waals surface area contributed by atoms with Crippen LogP contribution in [0.2, 0.25) is 0 Å². The zero-order valence-corrected chi connectivity index (χ0v) is 26.7. The van der Waals surface area contributed by atoms with Gasteiger partial charge in [0.25, 0.3) is 11.4 Å². The topological polar surface area (TPSA) is 208 Å². The van der Waals surface area contributed by atoms with Gasteiger partial charge >= 0.3 is 5.97 Å². The lowest BCUT2D eigenvalue weighted by Crippen LogP contribution is -2.45. The molecule has 0 saturated carbocycles. The molecule has 0 unspecified atom stereocenters. The van der Waals surface area contributed by atoms with Crippen molar-refractivity contribution in [3.63, 3.8) is 0 Å². The van der Waals surface area contributed by atoms with Crippen molar-refractivity contribution in [2.45, 2.75) is 49.8 Å². The van der Waals surface area contributed by atoms with E-state index in [1.54, 1.807) is 20.8 Å². The summed E-state index contributed by atoms with van der Waals surface area (Å²) in [5.74, 6) is -1.18. The molecule has 1 aliphatic rings. The summed E-state index contributed by atoms with van der Waals surface area (Å²) in [6, 6.07) is 9.54. The van der Waals surface area contributed by atoms with E-state index in [0.717, 1.165) is 37.9 Å². The number of nitro benzene ring substituents is 2. The number of hydrogen-bond donors (Lipinski definition) is 0. The molecule has 16 nitrogen and oxygen atoms in total. The van der Waals surface area contributed by atoms with E-state index in [1.165, 1.54) is 24.3 Å². The monoisotopic (exact) mass is 669 g/mol. The first kappa shape index (κ1) is 35.6. The SMILES string of the molecule is CC(C)(C)CC(=O)ON1CCN(S(=O)(=O)c2ccccc2[N+](=O)[O-])CCC(=O)CCN(S(=O)(=O)c2ccccc2[N+](=O)[O-])CC1. The summed E-state index contributed by atoms with van der Waals surface area (Å²) in [4.78, 5) is 51.5. The van der Waals surface area contributed by atoms with Gasteiger partial charge in [0.1, 0.15) is 5.78 Å². The quantitative estimate of drug-likeness (QED) is 0.294. The lowest BCUT2D eigenvalue weighted by atomic mass is 9.93. The Kier molecular flexibility index (Phi) is 11.5. The fourth-order valence-corrected chi connectivity index (χ4v) is 7.70. The summed E-state index contributed by atoms with van der Waals surface area (Å²) < 4.78 is 56.3. The smallest absolute Gasteiger partial charge is 0.325 e. The molecule has 0 radical (unpaired) electrons. The van der Waals surface area contributed by atoms with Crippen LogP contribution < -0.4 is 0 Å². The maximum absolute atomic E-state index is 13.6. The summed E-state index contributed by atoms with van der Waals surface area (Å²) in [7, 11) is -9.02. The minimum absolute atomic E-state index is 0.0333. The van der Waals surface area contributed by atoms with E-state index in [9.17, 15) is 46.7 Å². The average molecular weight is 670 g/mol. The Morgan fingerprint density at radius 2 is 1.16 bits per heavy atom. The van der Waals surface area contributed by atoms with Crippen LogP contribution in [0, 0.1) is 25.6 Å². The van der Waals surface area contributed by atoms with Gasteiger partial charge in [0.2, 0.25) is 20.0 Å². The van der Waals surface area contributed by atoms with E-state index >= 15 is 0 Å². The Morgan fingerprint density at radius 3 is 1.53 bits per heavy atom. The molecule has 18 heteroatoms. The molecule has 0 aliphatic carbocycles. The maximum Gasteiger partial charge on any atom is 0.325 e. The zero-order valence-electron chi connectivity index (χ0n) is 25.0. The van der Waals surface area contributed by atoms with Crippen LogP contribution in [-0.2, 0) is 34.5 Å². The van der Waals surface area contributed by atoms with Gasteiger partial charge in [-0.3, -0.25) is 29.8 Å². The third kappa shape index (κ3) is 9.33. The number of ketones is 1. The number of para-hydroxylation sites is 2. The van der Waals surface area contributed by atoms with Crippen molar-refractivity contribution in [1.29, 1.82) is 0 Å². The molecule has 0 spiro atoms. The molecule has 0 amide bonds. The highest BCUT2D eigenvalue weighted by Gasteiger charge is 2.35. The van der Waals surface area contributed by atoms with E-state index in [2.05, 4.69) is 0 Å². The van der Waals surface area contributed by atoms with Crippen LogP contribution in [0.5, 0.6) is 0 Å². The van der Waals surface area contributed by atoms with Crippen LogP contribution in [0.25, 0.3) is 0 Å². The van der Waals surface area contributed by atoms with Gasteiger partial charge in [0.15, 0.2) is 9.79 Å². The van der Waals surface area contributed by atoms with Gasteiger partial charge in [-0.1, -0.05) is 45.0 Å². The number of benzene rings is 2. The van der Waals surface area contributed by atoms with E-state index in [0.29, 0.717) is 0 Å². The minimum Gasteiger partial charge on any atom is -0.368 e. The Balaban J connectivity index is 1.98. The van der Waals surface area contributed by atoms with Crippen LogP contribution in [0.1, 0.15) is 40.0 Å². The van der Waals surface area contributed by atoms with E-state index in [4.69, 9.17) is 4.84 Å². The van der Waals surface area contributed by atoms with Crippen molar-refractivity contribution in [3.05, 3.63) is 68.8 Å². The first-order chi connectivity index (χ1) is 20.9. The normalized spacial score (nSPS) is 17.2. The molecular weight excluding hydrogens is 634 g/mol. The largest absolute Gasteiger partial charge is 0.368 e. The van der Waals surface area contributed by atoms with Crippen LogP contribution in [0.3, 0.4) is 0 Å². The molecule has 45 heavy (non-hydrogen) atoms. The Hall–Kier alpha value is -3.84. The molecule has 1 aliphatic heterocycles. The van der Waals surface area contributed by atoms with Crippen molar-refractivity contribution >= 4 is 43.2 Å². The average Bonchev–Trinajstić information content (AvgIpc) is 2.94. The van der Waals surface area contributed by atoms with Crippen LogP contribution in [0.4, 0.5) is 11.4 Å². The van der Waals surface area contributed by atoms with Gasteiger partial charge in [0.05, 0.1) is 16.3 Å². The number of nitrogens with zero attached hydrogens (tertiary/aromatic N) is 5. The molecule has 0 aromatic heterocycles. The zero-order chi connectivity index (χ0) is 33.6. The van der Waals surface area contributed by atoms with Crippen LogP contribution >= 0.6 is 0 Å². The van der Waals surface area contributed by atoms with Crippen molar-refractivity contribution in [3.8, 4) is 0 Å². The van der Waals surface area contributed by atoms with Gasteiger partial charge in [0, 0.05) is 64.2 Å². The predicted molar refractivity (Wildman–Crippen MR) is 160 cm³/mol. The van der Waals surface area contributed by atoms with Crippen LogP contribution in [-0.4, -0.2) is 91.4 Å². The van der Waals surface area contributed by atoms with Gasteiger partial charge in [-0.25, -0.2) is 16.8 Å². The molecule has 3 rings (SSSR count). The third-order valence-electron chi connectivity index (χ3n) is 6.74. The number of sulfonamides is 2. The molecule has 1 saturated heterocycles. The number of rotatable bonds is 8. The van der Waals surface area contributed by atoms with Gasteiger partial charge < -0.3 is 4.84 Å². The second-order valence-corrected chi connectivity index (χ2v) is 15.2.